The van der Waals surface area contributed by atoms with Crippen molar-refractivity contribution in [2.45, 2.75) is 19.8 Å². The molecule has 0 saturated heterocycles. The van der Waals surface area contributed by atoms with Crippen molar-refractivity contribution >= 4 is 18.2 Å². The molecule has 0 rings (SSSR count). The Balaban J connectivity index is 3.49. The third-order valence-electron chi connectivity index (χ3n) is 1.25. The lowest BCUT2D eigenvalue weighted by atomic mass is 10.3. The van der Waals surface area contributed by atoms with Crippen LogP contribution in [0.25, 0.3) is 0 Å². The van der Waals surface area contributed by atoms with E-state index in [4.69, 9.17) is 5.11 Å². The minimum absolute atomic E-state index is 0.0580. The van der Waals surface area contributed by atoms with E-state index in [1.165, 1.54) is 0 Å². The summed E-state index contributed by atoms with van der Waals surface area (Å²) in [6.45, 7) is 1.69. The summed E-state index contributed by atoms with van der Waals surface area (Å²) in [5.74, 6) is -0.968. The van der Waals surface area contributed by atoms with Gasteiger partial charge in [0.2, 0.25) is 0 Å². The number of alkyl carbamates (subject to hydrolysis) is 2. The molecule has 0 spiro atoms. The number of rotatable bonds is 5. The Bertz CT molecular complexity index is 239. The number of carbonyl (C=O) groups excluding carboxylic acids is 2. The van der Waals surface area contributed by atoms with E-state index in [1.54, 1.807) is 12.2 Å². The molecule has 0 unspecified atom stereocenters. The van der Waals surface area contributed by atoms with Gasteiger partial charge in [0.1, 0.15) is 0 Å². The van der Waals surface area contributed by atoms with E-state index in [0.717, 1.165) is 0 Å². The van der Waals surface area contributed by atoms with Crippen LogP contribution in [0.15, 0.2) is 0 Å². The zero-order valence-corrected chi connectivity index (χ0v) is 8.32. The van der Waals surface area contributed by atoms with Gasteiger partial charge in [-0.3, -0.25) is 4.79 Å². The van der Waals surface area contributed by atoms with Crippen LogP contribution >= 0.6 is 0 Å². The second-order valence-corrected chi connectivity index (χ2v) is 2.48. The number of carboxylic acid groups (broad SMARTS) is 1. The molecule has 0 aliphatic carbocycles. The number of aliphatic carboxylic acids is 1. The molecule has 0 heterocycles. The van der Waals surface area contributed by atoms with Crippen LogP contribution in [0.4, 0.5) is 9.59 Å². The van der Waals surface area contributed by atoms with Crippen molar-refractivity contribution < 1.29 is 29.0 Å². The Morgan fingerprint density at radius 3 is 2.33 bits per heavy atom. The van der Waals surface area contributed by atoms with Gasteiger partial charge in [-0.15, -0.1) is 0 Å². The quantitative estimate of drug-likeness (QED) is 0.661. The largest absolute Gasteiger partial charge is 0.481 e. The van der Waals surface area contributed by atoms with Crippen LogP contribution in [0.5, 0.6) is 0 Å². The molecule has 0 aromatic heterocycles. The molecule has 86 valence electrons. The molecule has 7 nitrogen and oxygen atoms in total. The summed E-state index contributed by atoms with van der Waals surface area (Å²) in [5.41, 5.74) is 0. The molecule has 0 aromatic carbocycles. The molecule has 0 radical (unpaired) electrons. The van der Waals surface area contributed by atoms with Crippen LogP contribution < -0.4 is 5.32 Å². The molecule has 0 aromatic rings. The smallest absolute Gasteiger partial charge is 0.416 e. The van der Waals surface area contributed by atoms with Crippen LogP contribution in [0, 0.1) is 0 Å². The van der Waals surface area contributed by atoms with E-state index in [0.29, 0.717) is 0 Å². The first-order valence-electron chi connectivity index (χ1n) is 4.38. The van der Waals surface area contributed by atoms with Crippen molar-refractivity contribution in [3.8, 4) is 0 Å². The number of imide groups is 1. The van der Waals surface area contributed by atoms with Gasteiger partial charge in [0.05, 0.1) is 13.2 Å². The molecule has 2 amide bonds. The summed E-state index contributed by atoms with van der Waals surface area (Å²) in [6, 6.07) is 0. The average Bonchev–Trinajstić information content (AvgIpc) is 2.12. The monoisotopic (exact) mass is 219 g/mol. The molecule has 7 heteroatoms. The van der Waals surface area contributed by atoms with E-state index in [9.17, 15) is 14.4 Å². The SMILES string of the molecule is CCOC(=O)NC(=O)OCCCC(=O)O. The molecule has 0 aliphatic rings. The second kappa shape index (κ2) is 7.60. The molecule has 0 bridgehead atoms. The molecule has 2 N–H and O–H groups in total. The molecular formula is C8H13NO6. The molecule has 0 aliphatic heterocycles. The lowest BCUT2D eigenvalue weighted by Crippen LogP contribution is -2.31. The first kappa shape index (κ1) is 13.2. The minimum Gasteiger partial charge on any atom is -0.481 e. The molecule has 0 atom stereocenters. The lowest BCUT2D eigenvalue weighted by Gasteiger charge is -2.04. The van der Waals surface area contributed by atoms with Gasteiger partial charge in [-0.25, -0.2) is 14.9 Å². The van der Waals surface area contributed by atoms with Crippen LogP contribution in [-0.2, 0) is 14.3 Å². The topological polar surface area (TPSA) is 102 Å². The lowest BCUT2D eigenvalue weighted by molar-refractivity contribution is -0.137. The van der Waals surface area contributed by atoms with Crippen LogP contribution in [0.1, 0.15) is 19.8 Å². The highest BCUT2D eigenvalue weighted by Crippen LogP contribution is 1.90. The summed E-state index contributed by atoms with van der Waals surface area (Å²) in [7, 11) is 0. The maximum Gasteiger partial charge on any atom is 0.416 e. The van der Waals surface area contributed by atoms with Gasteiger partial charge in [-0.1, -0.05) is 0 Å². The number of ether oxygens (including phenoxy) is 2. The Hall–Kier alpha value is -1.79. The Labute approximate surface area is 86.3 Å². The Morgan fingerprint density at radius 2 is 1.80 bits per heavy atom. The number of carboxylic acids is 1. The van der Waals surface area contributed by atoms with Crippen molar-refractivity contribution in [3.05, 3.63) is 0 Å². The highest BCUT2D eigenvalue weighted by atomic mass is 16.6. The minimum atomic E-state index is -0.968. The maximum absolute atomic E-state index is 10.8. The maximum atomic E-state index is 10.8. The zero-order chi connectivity index (χ0) is 11.7. The van der Waals surface area contributed by atoms with Gasteiger partial charge in [0.25, 0.3) is 0 Å². The fraction of sp³-hybridized carbons (Fsp3) is 0.625. The predicted molar refractivity (Wildman–Crippen MR) is 48.4 cm³/mol. The molecule has 0 fully saturated rings. The normalized spacial score (nSPS) is 9.13. The van der Waals surface area contributed by atoms with Crippen molar-refractivity contribution in [2.24, 2.45) is 0 Å². The van der Waals surface area contributed by atoms with Crippen LogP contribution in [0.2, 0.25) is 0 Å². The van der Waals surface area contributed by atoms with E-state index in [-0.39, 0.29) is 26.1 Å². The number of hydrogen-bond donors (Lipinski definition) is 2. The van der Waals surface area contributed by atoms with Gasteiger partial charge in [0, 0.05) is 6.42 Å². The molecule has 15 heavy (non-hydrogen) atoms. The second-order valence-electron chi connectivity index (χ2n) is 2.48. The van der Waals surface area contributed by atoms with Crippen LogP contribution in [0.3, 0.4) is 0 Å². The van der Waals surface area contributed by atoms with E-state index < -0.39 is 18.2 Å². The van der Waals surface area contributed by atoms with Crippen molar-refractivity contribution in [3.63, 3.8) is 0 Å². The number of amides is 2. The predicted octanol–water partition coefficient (Wildman–Crippen LogP) is 0.734. The Morgan fingerprint density at radius 1 is 1.20 bits per heavy atom. The first-order valence-corrected chi connectivity index (χ1v) is 4.38. The average molecular weight is 219 g/mol. The third kappa shape index (κ3) is 8.54. The number of nitrogens with one attached hydrogen (secondary N) is 1. The first-order chi connectivity index (χ1) is 7.06. The van der Waals surface area contributed by atoms with E-state index >= 15 is 0 Å². The summed E-state index contributed by atoms with van der Waals surface area (Å²) in [5, 5.41) is 10.1. The summed E-state index contributed by atoms with van der Waals surface area (Å²) in [6.07, 6.45) is -1.72. The third-order valence-corrected chi connectivity index (χ3v) is 1.25. The highest BCUT2D eigenvalue weighted by Gasteiger charge is 2.08. The van der Waals surface area contributed by atoms with Crippen molar-refractivity contribution in [2.75, 3.05) is 13.2 Å². The van der Waals surface area contributed by atoms with Crippen LogP contribution in [-0.4, -0.2) is 36.5 Å². The standard InChI is InChI=1S/C8H13NO6/c1-2-14-7(12)9-8(13)15-5-3-4-6(10)11/h2-5H2,1H3,(H,10,11)(H,9,12,13). The van der Waals surface area contributed by atoms with Gasteiger partial charge < -0.3 is 14.6 Å². The van der Waals surface area contributed by atoms with E-state index in [1.807, 2.05) is 0 Å². The summed E-state index contributed by atoms with van der Waals surface area (Å²) in [4.78, 5) is 31.5. The number of hydrogen-bond acceptors (Lipinski definition) is 5. The summed E-state index contributed by atoms with van der Waals surface area (Å²) >= 11 is 0. The fourth-order valence-electron chi connectivity index (χ4n) is 0.675. The highest BCUT2D eigenvalue weighted by molar-refractivity contribution is 5.87. The number of carbonyl (C=O) groups is 3. The molecular weight excluding hydrogens is 206 g/mol. The zero-order valence-electron chi connectivity index (χ0n) is 8.32. The van der Waals surface area contributed by atoms with Crippen molar-refractivity contribution in [1.29, 1.82) is 0 Å². The van der Waals surface area contributed by atoms with Gasteiger partial charge in [-0.05, 0) is 13.3 Å². The van der Waals surface area contributed by atoms with Gasteiger partial charge >= 0.3 is 18.2 Å². The molecule has 0 saturated carbocycles. The summed E-state index contributed by atoms with van der Waals surface area (Å²) < 4.78 is 8.91. The van der Waals surface area contributed by atoms with Crippen molar-refractivity contribution in [1.82, 2.24) is 5.32 Å². The van der Waals surface area contributed by atoms with Gasteiger partial charge in [-0.2, -0.15) is 0 Å². The Kier molecular flexibility index (Phi) is 6.69. The van der Waals surface area contributed by atoms with E-state index in [2.05, 4.69) is 9.47 Å². The van der Waals surface area contributed by atoms with Gasteiger partial charge in [0.15, 0.2) is 0 Å². The fourth-order valence-corrected chi connectivity index (χ4v) is 0.675.